The standard InChI is InChI=1S/C10H15NO3/c1-11(6-2-5-10(12)13)8-9-4-3-7-14-9/h3-4,7H,2,5-6,8H2,1H3,(H,12,13). The maximum absolute atomic E-state index is 10.2. The van der Waals surface area contributed by atoms with Gasteiger partial charge in [-0.25, -0.2) is 0 Å². The molecule has 0 spiro atoms. The molecular formula is C10H15NO3. The molecule has 4 heteroatoms. The zero-order valence-electron chi connectivity index (χ0n) is 8.29. The Hall–Kier alpha value is -1.29. The number of aliphatic carboxylic acids is 1. The molecule has 1 aromatic rings. The lowest BCUT2D eigenvalue weighted by Gasteiger charge is -2.12. The first kappa shape index (κ1) is 10.8. The van der Waals surface area contributed by atoms with Crippen molar-refractivity contribution in [2.75, 3.05) is 13.6 Å². The Labute approximate surface area is 83.1 Å². The molecule has 1 heterocycles. The average molecular weight is 197 g/mol. The van der Waals surface area contributed by atoms with Crippen molar-refractivity contribution < 1.29 is 19.2 Å². The summed E-state index contributed by atoms with van der Waals surface area (Å²) in [4.78, 5) is 11.4. The first-order valence-electron chi connectivity index (χ1n) is 4.72. The summed E-state index contributed by atoms with van der Waals surface area (Å²) in [7, 11) is 2.01. The van der Waals surface area contributed by atoms with Gasteiger partial charge in [-0.15, -0.1) is 0 Å². The highest BCUT2D eigenvalue weighted by Gasteiger charge is 2.04. The molecule has 4 nitrogen and oxygen atoms in total. The average Bonchev–Trinajstić information content (AvgIpc) is 2.56. The van der Waals surface area contributed by atoms with Crippen molar-refractivity contribution in [2.45, 2.75) is 19.4 Å². The van der Waals surface area contributed by atoms with E-state index in [-0.39, 0.29) is 6.42 Å². The number of hydrogen-bond donors (Lipinski definition) is 1. The molecule has 0 radical (unpaired) electrons. The van der Waals surface area contributed by atoms with Crippen molar-refractivity contribution in [1.82, 2.24) is 0 Å². The number of rotatable bonds is 6. The van der Waals surface area contributed by atoms with Gasteiger partial charge >= 0.3 is 0 Å². The zero-order chi connectivity index (χ0) is 10.4. The molecule has 14 heavy (non-hydrogen) atoms. The Morgan fingerprint density at radius 2 is 2.43 bits per heavy atom. The maximum atomic E-state index is 10.2. The smallest absolute Gasteiger partial charge is 0.157 e. The van der Waals surface area contributed by atoms with Gasteiger partial charge < -0.3 is 19.2 Å². The Kier molecular flexibility index (Phi) is 4.19. The van der Waals surface area contributed by atoms with E-state index in [0.29, 0.717) is 6.42 Å². The van der Waals surface area contributed by atoms with Crippen molar-refractivity contribution >= 4 is 5.97 Å². The van der Waals surface area contributed by atoms with E-state index in [1.807, 2.05) is 19.2 Å². The molecule has 0 amide bonds. The Morgan fingerprint density at radius 3 is 3.00 bits per heavy atom. The van der Waals surface area contributed by atoms with Crippen molar-refractivity contribution in [3.05, 3.63) is 24.2 Å². The second kappa shape index (κ2) is 5.44. The number of carbonyl (C=O) groups excluding carboxylic acids is 1. The van der Waals surface area contributed by atoms with E-state index < -0.39 is 5.97 Å². The second-order valence-electron chi connectivity index (χ2n) is 3.44. The zero-order valence-corrected chi connectivity index (χ0v) is 8.29. The van der Waals surface area contributed by atoms with Gasteiger partial charge in [-0.1, -0.05) is 0 Å². The van der Waals surface area contributed by atoms with Crippen molar-refractivity contribution in [2.24, 2.45) is 0 Å². The fraction of sp³-hybridized carbons (Fsp3) is 0.500. The van der Waals surface area contributed by atoms with Gasteiger partial charge in [0.05, 0.1) is 19.9 Å². The van der Waals surface area contributed by atoms with Crippen molar-refractivity contribution in [1.29, 1.82) is 0 Å². The van der Waals surface area contributed by atoms with Crippen LogP contribution in [0.5, 0.6) is 0 Å². The Bertz CT molecular complexity index is 269. The molecular weight excluding hydrogens is 182 g/mol. The molecule has 1 N–H and O–H groups in total. The van der Waals surface area contributed by atoms with E-state index in [4.69, 9.17) is 4.42 Å². The van der Waals surface area contributed by atoms with E-state index in [1.165, 1.54) is 4.90 Å². The van der Waals surface area contributed by atoms with Crippen molar-refractivity contribution in [3.8, 4) is 0 Å². The van der Waals surface area contributed by atoms with Crippen LogP contribution in [0.1, 0.15) is 18.6 Å². The second-order valence-corrected chi connectivity index (χ2v) is 3.44. The number of hydrogen-bond acceptors (Lipinski definition) is 3. The lowest BCUT2D eigenvalue weighted by atomic mass is 10.3. The SMILES string of the molecule is C[NH+](CCCC(=O)[O-])Cc1ccco1. The van der Waals surface area contributed by atoms with Crippen molar-refractivity contribution in [3.63, 3.8) is 0 Å². The lowest BCUT2D eigenvalue weighted by Crippen LogP contribution is -3.07. The third kappa shape index (κ3) is 4.09. The van der Waals surface area contributed by atoms with Gasteiger partial charge in [0.15, 0.2) is 5.76 Å². The van der Waals surface area contributed by atoms with E-state index in [0.717, 1.165) is 18.8 Å². The molecule has 1 aromatic heterocycles. The largest absolute Gasteiger partial charge is 0.550 e. The van der Waals surface area contributed by atoms with Crippen LogP contribution in [0.2, 0.25) is 0 Å². The van der Waals surface area contributed by atoms with Gasteiger partial charge in [-0.3, -0.25) is 0 Å². The summed E-state index contributed by atoms with van der Waals surface area (Å²) in [6, 6.07) is 3.77. The number of carboxylic acids is 1. The lowest BCUT2D eigenvalue weighted by molar-refractivity contribution is -0.894. The van der Waals surface area contributed by atoms with Gasteiger partial charge in [0.1, 0.15) is 6.54 Å². The van der Waals surface area contributed by atoms with Crippen LogP contribution in [0.4, 0.5) is 0 Å². The highest BCUT2D eigenvalue weighted by Crippen LogP contribution is 1.96. The molecule has 0 saturated heterocycles. The predicted octanol–water partition coefficient (Wildman–Crippen LogP) is -1.18. The molecule has 0 aliphatic heterocycles. The molecule has 0 aliphatic carbocycles. The fourth-order valence-electron chi connectivity index (χ4n) is 1.33. The normalized spacial score (nSPS) is 12.6. The van der Waals surface area contributed by atoms with Crippen LogP contribution in [-0.2, 0) is 11.3 Å². The monoisotopic (exact) mass is 197 g/mol. The van der Waals surface area contributed by atoms with E-state index in [2.05, 4.69) is 0 Å². The summed E-state index contributed by atoms with van der Waals surface area (Å²) in [6.45, 7) is 1.61. The first-order chi connectivity index (χ1) is 6.68. The highest BCUT2D eigenvalue weighted by molar-refractivity contribution is 5.64. The molecule has 1 rings (SSSR count). The minimum absolute atomic E-state index is 0.134. The third-order valence-electron chi connectivity index (χ3n) is 2.04. The summed E-state index contributed by atoms with van der Waals surface area (Å²) in [5.41, 5.74) is 0. The molecule has 0 bridgehead atoms. The highest BCUT2D eigenvalue weighted by atomic mass is 16.4. The predicted molar refractivity (Wildman–Crippen MR) is 48.4 cm³/mol. The van der Waals surface area contributed by atoms with E-state index >= 15 is 0 Å². The fourth-order valence-corrected chi connectivity index (χ4v) is 1.33. The van der Waals surface area contributed by atoms with Gasteiger partial charge in [-0.2, -0.15) is 0 Å². The number of carboxylic acid groups (broad SMARTS) is 1. The van der Waals surface area contributed by atoms with Crippen LogP contribution in [-0.4, -0.2) is 19.6 Å². The minimum Gasteiger partial charge on any atom is -0.550 e. The number of nitrogens with one attached hydrogen (secondary N) is 1. The van der Waals surface area contributed by atoms with Gasteiger partial charge in [0.25, 0.3) is 0 Å². The molecule has 1 unspecified atom stereocenters. The van der Waals surface area contributed by atoms with Crippen LogP contribution in [0, 0.1) is 0 Å². The summed E-state index contributed by atoms with van der Waals surface area (Å²) < 4.78 is 5.18. The maximum Gasteiger partial charge on any atom is 0.157 e. The summed E-state index contributed by atoms with van der Waals surface area (Å²) in [5.74, 6) is -0.0493. The topological polar surface area (TPSA) is 57.7 Å². The van der Waals surface area contributed by atoms with Crippen LogP contribution in [0.15, 0.2) is 22.8 Å². The molecule has 0 saturated carbocycles. The van der Waals surface area contributed by atoms with E-state index in [9.17, 15) is 9.90 Å². The first-order valence-corrected chi connectivity index (χ1v) is 4.72. The van der Waals surface area contributed by atoms with Crippen LogP contribution < -0.4 is 10.0 Å². The minimum atomic E-state index is -0.976. The third-order valence-corrected chi connectivity index (χ3v) is 2.04. The summed E-state index contributed by atoms with van der Waals surface area (Å²) >= 11 is 0. The van der Waals surface area contributed by atoms with Crippen LogP contribution in [0.3, 0.4) is 0 Å². The Morgan fingerprint density at radius 1 is 1.64 bits per heavy atom. The van der Waals surface area contributed by atoms with E-state index in [1.54, 1.807) is 6.26 Å². The molecule has 78 valence electrons. The molecule has 0 aromatic carbocycles. The van der Waals surface area contributed by atoms with Crippen LogP contribution in [0.25, 0.3) is 0 Å². The molecule has 0 fully saturated rings. The van der Waals surface area contributed by atoms with Gasteiger partial charge in [0.2, 0.25) is 0 Å². The number of carbonyl (C=O) groups is 1. The van der Waals surface area contributed by atoms with Gasteiger partial charge in [-0.05, 0) is 18.6 Å². The Balaban J connectivity index is 2.16. The summed E-state index contributed by atoms with van der Waals surface area (Å²) in [5, 5.41) is 10.2. The quantitative estimate of drug-likeness (QED) is 0.625. The summed E-state index contributed by atoms with van der Waals surface area (Å²) in [6.07, 6.45) is 2.42. The van der Waals surface area contributed by atoms with Gasteiger partial charge in [0, 0.05) is 12.4 Å². The number of quaternary nitrogens is 1. The molecule has 1 atom stereocenters. The number of furan rings is 1. The molecule has 0 aliphatic rings. The van der Waals surface area contributed by atoms with Crippen LogP contribution >= 0.6 is 0 Å².